The number of pyridine rings is 1. The lowest BCUT2D eigenvalue weighted by atomic mass is 9.87. The highest BCUT2D eigenvalue weighted by Crippen LogP contribution is 2.28. The van der Waals surface area contributed by atoms with Crippen LogP contribution in [-0.4, -0.2) is 24.6 Å². The van der Waals surface area contributed by atoms with Crippen LogP contribution in [0.5, 0.6) is 0 Å². The van der Waals surface area contributed by atoms with Gasteiger partial charge in [-0.3, -0.25) is 0 Å². The Bertz CT molecular complexity index is 412. The summed E-state index contributed by atoms with van der Waals surface area (Å²) in [6.07, 6.45) is 1.29. The van der Waals surface area contributed by atoms with Crippen molar-refractivity contribution in [2.75, 3.05) is 18.5 Å². The van der Waals surface area contributed by atoms with Crippen LogP contribution in [0.1, 0.15) is 40.2 Å². The van der Waals surface area contributed by atoms with E-state index in [-0.39, 0.29) is 11.2 Å². The van der Waals surface area contributed by atoms with E-state index in [1.54, 1.807) is 6.07 Å². The van der Waals surface area contributed by atoms with E-state index in [9.17, 15) is 4.39 Å². The minimum Gasteiger partial charge on any atom is -0.356 e. The Morgan fingerprint density at radius 1 is 1.42 bits per heavy atom. The molecule has 1 heterocycles. The Hall–Kier alpha value is -1.16. The van der Waals surface area contributed by atoms with E-state index in [1.807, 2.05) is 14.0 Å². The zero-order valence-corrected chi connectivity index (χ0v) is 12.9. The van der Waals surface area contributed by atoms with Crippen molar-refractivity contribution in [3.05, 3.63) is 23.6 Å². The molecule has 108 valence electrons. The lowest BCUT2D eigenvalue weighted by Gasteiger charge is -2.37. The van der Waals surface area contributed by atoms with Crippen LogP contribution in [0.3, 0.4) is 0 Å². The minimum absolute atomic E-state index is 0.139. The smallest absolute Gasteiger partial charge is 0.141 e. The minimum atomic E-state index is -0.284. The maximum Gasteiger partial charge on any atom is 0.141 e. The molecule has 19 heavy (non-hydrogen) atoms. The molecule has 0 bridgehead atoms. The predicted molar refractivity (Wildman–Crippen MR) is 78.9 cm³/mol. The second-order valence-electron chi connectivity index (χ2n) is 6.07. The fourth-order valence-corrected chi connectivity index (χ4v) is 1.95. The molecule has 0 amide bonds. The molecule has 3 nitrogen and oxygen atoms in total. The van der Waals surface area contributed by atoms with E-state index in [2.05, 4.69) is 42.9 Å². The van der Waals surface area contributed by atoms with Gasteiger partial charge in [-0.25, -0.2) is 9.37 Å². The van der Waals surface area contributed by atoms with E-state index >= 15 is 0 Å². The molecule has 4 heteroatoms. The van der Waals surface area contributed by atoms with E-state index in [0.29, 0.717) is 12.6 Å². The molecule has 0 aromatic carbocycles. The number of hydrogen-bond acceptors (Lipinski definition) is 3. The van der Waals surface area contributed by atoms with Crippen LogP contribution in [0.15, 0.2) is 12.3 Å². The molecule has 0 radical (unpaired) electrons. The van der Waals surface area contributed by atoms with Gasteiger partial charge in [-0.1, -0.05) is 27.7 Å². The first-order valence-electron chi connectivity index (χ1n) is 6.85. The molecule has 1 rings (SSSR count). The molecule has 1 atom stereocenters. The fourth-order valence-electron chi connectivity index (χ4n) is 1.95. The highest BCUT2D eigenvalue weighted by Gasteiger charge is 2.26. The van der Waals surface area contributed by atoms with E-state index < -0.39 is 0 Å². The molecule has 0 saturated heterocycles. The first kappa shape index (κ1) is 15.9. The topological polar surface area (TPSA) is 28.2 Å². The molecule has 1 unspecified atom stereocenters. The number of rotatable bonds is 5. The predicted octanol–water partition coefficient (Wildman–Crippen LogP) is 3.20. The SMILES string of the molecule is CCNCc1cc(F)cnc1N(C)C(C)C(C)(C)C. The van der Waals surface area contributed by atoms with Gasteiger partial charge in [-0.15, -0.1) is 0 Å². The van der Waals surface area contributed by atoms with E-state index in [1.165, 1.54) is 6.20 Å². The fraction of sp³-hybridized carbons (Fsp3) is 0.667. The summed E-state index contributed by atoms with van der Waals surface area (Å²) in [5, 5.41) is 3.23. The van der Waals surface area contributed by atoms with Gasteiger partial charge in [0.2, 0.25) is 0 Å². The van der Waals surface area contributed by atoms with Gasteiger partial charge in [-0.05, 0) is 24.9 Å². The summed E-state index contributed by atoms with van der Waals surface area (Å²) in [7, 11) is 2.02. The second-order valence-corrected chi connectivity index (χ2v) is 6.07. The summed E-state index contributed by atoms with van der Waals surface area (Å²) in [4.78, 5) is 6.41. The Labute approximate surface area is 116 Å². The average molecular weight is 267 g/mol. The molecular weight excluding hydrogens is 241 g/mol. The maximum absolute atomic E-state index is 13.4. The third-order valence-electron chi connectivity index (χ3n) is 3.64. The van der Waals surface area contributed by atoms with Crippen molar-refractivity contribution in [3.8, 4) is 0 Å². The summed E-state index contributed by atoms with van der Waals surface area (Å²) in [6, 6.07) is 1.88. The van der Waals surface area contributed by atoms with Crippen molar-refractivity contribution in [2.24, 2.45) is 5.41 Å². The third-order valence-corrected chi connectivity index (χ3v) is 3.64. The third kappa shape index (κ3) is 4.16. The Morgan fingerprint density at radius 3 is 2.58 bits per heavy atom. The van der Waals surface area contributed by atoms with Gasteiger partial charge in [0.15, 0.2) is 0 Å². The van der Waals surface area contributed by atoms with Crippen LogP contribution in [0.2, 0.25) is 0 Å². The normalized spacial score (nSPS) is 13.4. The summed E-state index contributed by atoms with van der Waals surface area (Å²) >= 11 is 0. The Balaban J connectivity index is 3.04. The first-order valence-corrected chi connectivity index (χ1v) is 6.85. The van der Waals surface area contributed by atoms with Gasteiger partial charge in [0.05, 0.1) is 6.20 Å². The Kier molecular flexibility index (Phi) is 5.29. The lowest BCUT2D eigenvalue weighted by molar-refractivity contribution is 0.328. The van der Waals surface area contributed by atoms with Crippen molar-refractivity contribution in [1.82, 2.24) is 10.3 Å². The zero-order chi connectivity index (χ0) is 14.6. The first-order chi connectivity index (χ1) is 8.77. The molecule has 0 fully saturated rings. The molecular formula is C15H26FN3. The number of nitrogens with one attached hydrogen (secondary N) is 1. The molecule has 1 aromatic rings. The molecule has 1 N–H and O–H groups in total. The van der Waals surface area contributed by atoms with Gasteiger partial charge >= 0.3 is 0 Å². The van der Waals surface area contributed by atoms with Crippen LogP contribution in [0.25, 0.3) is 0 Å². The van der Waals surface area contributed by atoms with Crippen molar-refractivity contribution in [2.45, 2.75) is 47.2 Å². The molecule has 0 aliphatic rings. The van der Waals surface area contributed by atoms with Crippen LogP contribution in [0.4, 0.5) is 10.2 Å². The highest BCUT2D eigenvalue weighted by atomic mass is 19.1. The van der Waals surface area contributed by atoms with E-state index in [0.717, 1.165) is 17.9 Å². The molecule has 0 spiro atoms. The quantitative estimate of drug-likeness (QED) is 0.888. The van der Waals surface area contributed by atoms with Crippen LogP contribution in [0, 0.1) is 11.2 Å². The van der Waals surface area contributed by atoms with Crippen LogP contribution in [-0.2, 0) is 6.54 Å². The summed E-state index contributed by atoms with van der Waals surface area (Å²) < 4.78 is 13.4. The number of halogens is 1. The molecule has 0 aliphatic heterocycles. The average Bonchev–Trinajstić information content (AvgIpc) is 2.33. The zero-order valence-electron chi connectivity index (χ0n) is 12.9. The number of anilines is 1. The summed E-state index contributed by atoms with van der Waals surface area (Å²) in [6.45, 7) is 12.3. The van der Waals surface area contributed by atoms with E-state index in [4.69, 9.17) is 0 Å². The van der Waals surface area contributed by atoms with Gasteiger partial charge in [0, 0.05) is 25.2 Å². The lowest BCUT2D eigenvalue weighted by Crippen LogP contribution is -2.40. The largest absolute Gasteiger partial charge is 0.356 e. The highest BCUT2D eigenvalue weighted by molar-refractivity contribution is 5.47. The van der Waals surface area contributed by atoms with Crippen molar-refractivity contribution < 1.29 is 4.39 Å². The molecule has 0 saturated carbocycles. The van der Waals surface area contributed by atoms with Gasteiger partial charge < -0.3 is 10.2 Å². The maximum atomic E-state index is 13.4. The van der Waals surface area contributed by atoms with Gasteiger partial charge in [0.1, 0.15) is 11.6 Å². The van der Waals surface area contributed by atoms with Crippen molar-refractivity contribution >= 4 is 5.82 Å². The molecule has 0 aliphatic carbocycles. The monoisotopic (exact) mass is 267 g/mol. The Morgan fingerprint density at radius 2 is 2.05 bits per heavy atom. The molecule has 1 aromatic heterocycles. The standard InChI is InChI=1S/C15H26FN3/c1-7-17-9-12-8-13(16)10-18-14(12)19(6)11(2)15(3,4)5/h8,10-11,17H,7,9H2,1-6H3. The summed E-state index contributed by atoms with van der Waals surface area (Å²) in [5.41, 5.74) is 1.04. The second kappa shape index (κ2) is 6.33. The van der Waals surface area contributed by atoms with Crippen LogP contribution >= 0.6 is 0 Å². The number of hydrogen-bond donors (Lipinski definition) is 1. The van der Waals surface area contributed by atoms with Crippen molar-refractivity contribution in [1.29, 1.82) is 0 Å². The number of aromatic nitrogens is 1. The number of nitrogens with zero attached hydrogens (tertiary/aromatic N) is 2. The van der Waals surface area contributed by atoms with Gasteiger partial charge in [-0.2, -0.15) is 0 Å². The van der Waals surface area contributed by atoms with Gasteiger partial charge in [0.25, 0.3) is 0 Å². The van der Waals surface area contributed by atoms with Crippen LogP contribution < -0.4 is 10.2 Å². The summed E-state index contributed by atoms with van der Waals surface area (Å²) in [5.74, 6) is 0.568. The van der Waals surface area contributed by atoms with Crippen molar-refractivity contribution in [3.63, 3.8) is 0 Å².